The molecule has 0 bridgehead atoms. The van der Waals surface area contributed by atoms with Gasteiger partial charge in [-0.1, -0.05) is 66.7 Å². The number of hydrogen-bond donors (Lipinski definition) is 2. The highest BCUT2D eigenvalue weighted by atomic mass is 16.5. The third-order valence-electron chi connectivity index (χ3n) is 5.99. The van der Waals surface area contributed by atoms with Gasteiger partial charge in [0.25, 0.3) is 0 Å². The van der Waals surface area contributed by atoms with Crippen LogP contribution in [0.2, 0.25) is 0 Å². The van der Waals surface area contributed by atoms with Crippen molar-refractivity contribution < 1.29 is 14.6 Å². The van der Waals surface area contributed by atoms with Crippen LogP contribution in [0, 0.1) is 0 Å². The van der Waals surface area contributed by atoms with E-state index in [4.69, 9.17) is 4.74 Å². The summed E-state index contributed by atoms with van der Waals surface area (Å²) in [5.74, 6) is -0.279. The van der Waals surface area contributed by atoms with Gasteiger partial charge < -0.3 is 14.8 Å². The molecule has 4 heteroatoms. The molecule has 5 rings (SSSR count). The second-order valence-electron chi connectivity index (χ2n) is 7.95. The standard InChI is InChI=1S/C28H23NO3/c1-32-28(31)22-12-7-13-23-25(22)26-24(30)15-14-21(27(26)29-23)17-20-11-6-5-10-19(20)16-18-8-3-2-4-9-18/h2-15,29-30H,16-17H2,1H3. The number of aromatic amines is 1. The zero-order valence-electron chi connectivity index (χ0n) is 17.8. The maximum atomic E-state index is 12.4. The van der Waals surface area contributed by atoms with E-state index in [0.717, 1.165) is 23.0 Å². The molecule has 0 amide bonds. The molecule has 0 atom stereocenters. The number of rotatable bonds is 5. The summed E-state index contributed by atoms with van der Waals surface area (Å²) < 4.78 is 4.97. The van der Waals surface area contributed by atoms with Crippen LogP contribution in [-0.4, -0.2) is 23.2 Å². The Morgan fingerprint density at radius 2 is 1.50 bits per heavy atom. The number of ether oxygens (including phenoxy) is 1. The Labute approximate surface area is 186 Å². The Balaban J connectivity index is 1.63. The molecule has 0 fully saturated rings. The molecule has 2 N–H and O–H groups in total. The molecule has 0 unspecified atom stereocenters. The number of phenolic OH excluding ortho intramolecular Hbond substituents is 1. The number of carbonyl (C=O) groups excluding carboxylic acids is 1. The van der Waals surface area contributed by atoms with Gasteiger partial charge >= 0.3 is 5.97 Å². The van der Waals surface area contributed by atoms with Crippen molar-refractivity contribution in [1.82, 2.24) is 4.98 Å². The first kappa shape index (κ1) is 19.9. The number of carbonyl (C=O) groups is 1. The second-order valence-corrected chi connectivity index (χ2v) is 7.95. The lowest BCUT2D eigenvalue weighted by atomic mass is 9.94. The van der Waals surface area contributed by atoms with Crippen LogP contribution in [0.5, 0.6) is 5.75 Å². The Hall–Kier alpha value is -4.05. The lowest BCUT2D eigenvalue weighted by Crippen LogP contribution is -2.01. The van der Waals surface area contributed by atoms with Gasteiger partial charge in [0.2, 0.25) is 0 Å². The van der Waals surface area contributed by atoms with Gasteiger partial charge in [0.1, 0.15) is 5.75 Å². The lowest BCUT2D eigenvalue weighted by Gasteiger charge is -2.11. The summed E-state index contributed by atoms with van der Waals surface area (Å²) in [7, 11) is 1.37. The lowest BCUT2D eigenvalue weighted by molar-refractivity contribution is 0.0603. The molecule has 0 saturated carbocycles. The molecule has 4 nitrogen and oxygen atoms in total. The van der Waals surface area contributed by atoms with Gasteiger partial charge in [-0.15, -0.1) is 0 Å². The van der Waals surface area contributed by atoms with Crippen molar-refractivity contribution in [3.63, 3.8) is 0 Å². The van der Waals surface area contributed by atoms with E-state index >= 15 is 0 Å². The van der Waals surface area contributed by atoms with E-state index in [2.05, 4.69) is 53.5 Å². The third kappa shape index (κ3) is 3.50. The fourth-order valence-electron chi connectivity index (χ4n) is 4.44. The molecule has 0 aliphatic rings. The Bertz CT molecular complexity index is 1430. The van der Waals surface area contributed by atoms with E-state index in [1.165, 1.54) is 23.8 Å². The molecule has 1 aromatic heterocycles. The van der Waals surface area contributed by atoms with E-state index in [9.17, 15) is 9.90 Å². The molecule has 0 saturated heterocycles. The number of phenols is 1. The zero-order chi connectivity index (χ0) is 22.1. The number of fused-ring (bicyclic) bond motifs is 3. The predicted molar refractivity (Wildman–Crippen MR) is 127 cm³/mol. The van der Waals surface area contributed by atoms with E-state index in [0.29, 0.717) is 22.8 Å². The van der Waals surface area contributed by atoms with Crippen molar-refractivity contribution in [1.29, 1.82) is 0 Å². The van der Waals surface area contributed by atoms with Crippen LogP contribution in [0.15, 0.2) is 84.9 Å². The molecule has 32 heavy (non-hydrogen) atoms. The fraction of sp³-hybridized carbons (Fsp3) is 0.107. The maximum Gasteiger partial charge on any atom is 0.338 e. The van der Waals surface area contributed by atoms with Gasteiger partial charge in [0, 0.05) is 10.9 Å². The predicted octanol–water partition coefficient (Wildman–Crippen LogP) is 5.99. The summed E-state index contributed by atoms with van der Waals surface area (Å²) in [4.78, 5) is 15.8. The summed E-state index contributed by atoms with van der Waals surface area (Å²) in [6.45, 7) is 0. The summed E-state index contributed by atoms with van der Waals surface area (Å²) >= 11 is 0. The highest BCUT2D eigenvalue weighted by Gasteiger charge is 2.19. The zero-order valence-corrected chi connectivity index (χ0v) is 17.8. The van der Waals surface area contributed by atoms with Gasteiger partial charge in [-0.2, -0.15) is 0 Å². The molecule has 0 aliphatic carbocycles. The highest BCUT2D eigenvalue weighted by Crippen LogP contribution is 2.37. The van der Waals surface area contributed by atoms with Crippen LogP contribution in [0.4, 0.5) is 0 Å². The van der Waals surface area contributed by atoms with Crippen LogP contribution in [0.1, 0.15) is 32.6 Å². The number of aromatic nitrogens is 1. The number of nitrogens with one attached hydrogen (secondary N) is 1. The molecule has 5 aromatic rings. The van der Waals surface area contributed by atoms with Crippen LogP contribution >= 0.6 is 0 Å². The van der Waals surface area contributed by atoms with Crippen molar-refractivity contribution in [3.05, 3.63) is 113 Å². The number of hydrogen-bond acceptors (Lipinski definition) is 3. The van der Waals surface area contributed by atoms with Gasteiger partial charge in [0.05, 0.1) is 23.6 Å². The van der Waals surface area contributed by atoms with Crippen molar-refractivity contribution in [2.75, 3.05) is 7.11 Å². The monoisotopic (exact) mass is 421 g/mol. The van der Waals surface area contributed by atoms with Gasteiger partial charge in [-0.05, 0) is 53.3 Å². The number of aromatic hydroxyl groups is 1. The van der Waals surface area contributed by atoms with Crippen molar-refractivity contribution in [2.45, 2.75) is 12.8 Å². The van der Waals surface area contributed by atoms with Crippen LogP contribution in [-0.2, 0) is 17.6 Å². The minimum Gasteiger partial charge on any atom is -0.507 e. The van der Waals surface area contributed by atoms with E-state index in [1.54, 1.807) is 12.1 Å². The fourth-order valence-corrected chi connectivity index (χ4v) is 4.44. The molecular formula is C28H23NO3. The normalized spacial score (nSPS) is 11.2. The largest absolute Gasteiger partial charge is 0.507 e. The Kier molecular flexibility index (Phi) is 5.12. The average molecular weight is 421 g/mol. The number of benzene rings is 4. The smallest absolute Gasteiger partial charge is 0.338 e. The minimum absolute atomic E-state index is 0.143. The number of methoxy groups -OCH3 is 1. The Morgan fingerprint density at radius 3 is 2.25 bits per heavy atom. The molecule has 0 aliphatic heterocycles. The Morgan fingerprint density at radius 1 is 0.781 bits per heavy atom. The van der Waals surface area contributed by atoms with Gasteiger partial charge in [-0.25, -0.2) is 4.79 Å². The average Bonchev–Trinajstić information content (AvgIpc) is 3.23. The first-order valence-electron chi connectivity index (χ1n) is 10.6. The minimum atomic E-state index is -0.422. The number of esters is 1. The third-order valence-corrected chi connectivity index (χ3v) is 5.99. The maximum absolute atomic E-state index is 12.4. The molecular weight excluding hydrogens is 398 g/mol. The quantitative estimate of drug-likeness (QED) is 0.342. The molecule has 1 heterocycles. The van der Waals surface area contributed by atoms with Crippen LogP contribution in [0.3, 0.4) is 0 Å². The highest BCUT2D eigenvalue weighted by molar-refractivity contribution is 6.19. The van der Waals surface area contributed by atoms with Crippen molar-refractivity contribution in [2.24, 2.45) is 0 Å². The topological polar surface area (TPSA) is 62.3 Å². The summed E-state index contributed by atoms with van der Waals surface area (Å²) in [6.07, 6.45) is 1.57. The molecule has 4 aromatic carbocycles. The van der Waals surface area contributed by atoms with Gasteiger partial charge in [0.15, 0.2) is 0 Å². The molecule has 158 valence electrons. The number of H-pyrrole nitrogens is 1. The van der Waals surface area contributed by atoms with E-state index in [-0.39, 0.29) is 5.75 Å². The van der Waals surface area contributed by atoms with E-state index in [1.807, 2.05) is 24.3 Å². The summed E-state index contributed by atoms with van der Waals surface area (Å²) in [5.41, 5.74) is 6.90. The summed E-state index contributed by atoms with van der Waals surface area (Å²) in [6, 6.07) is 28.0. The second kappa shape index (κ2) is 8.23. The van der Waals surface area contributed by atoms with Crippen LogP contribution in [0.25, 0.3) is 21.8 Å². The summed E-state index contributed by atoms with van der Waals surface area (Å²) in [5, 5.41) is 12.0. The van der Waals surface area contributed by atoms with Crippen molar-refractivity contribution >= 4 is 27.8 Å². The first-order valence-corrected chi connectivity index (χ1v) is 10.6. The van der Waals surface area contributed by atoms with Crippen molar-refractivity contribution in [3.8, 4) is 5.75 Å². The van der Waals surface area contributed by atoms with E-state index < -0.39 is 5.97 Å². The first-order chi connectivity index (χ1) is 15.7. The van der Waals surface area contributed by atoms with Crippen LogP contribution < -0.4 is 0 Å². The molecule has 0 radical (unpaired) electrons. The SMILES string of the molecule is COC(=O)c1cccc2[nH]c3c(Cc4ccccc4Cc4ccccc4)ccc(O)c3c12. The van der Waals surface area contributed by atoms with Gasteiger partial charge in [-0.3, -0.25) is 0 Å². The molecule has 0 spiro atoms.